The number of methoxy groups -OCH3 is 1. The maximum absolute atomic E-state index is 13.6. The van der Waals surface area contributed by atoms with Crippen LogP contribution in [0, 0.1) is 5.92 Å². The first-order valence-electron chi connectivity index (χ1n) is 13.3. The molecular formula is C28H32BrF6N5O. The van der Waals surface area contributed by atoms with Crippen LogP contribution >= 0.6 is 15.9 Å². The molecule has 4 rings (SSSR count). The molecule has 1 fully saturated rings. The summed E-state index contributed by atoms with van der Waals surface area (Å²) < 4.78 is 88.0. The fraction of sp³-hybridized carbons (Fsp3) is 0.500. The Morgan fingerprint density at radius 2 is 1.63 bits per heavy atom. The molecule has 0 saturated heterocycles. The van der Waals surface area contributed by atoms with Gasteiger partial charge in [-0.15, -0.1) is 0 Å². The molecule has 2 heterocycles. The first-order chi connectivity index (χ1) is 19.4. The summed E-state index contributed by atoms with van der Waals surface area (Å²) in [6, 6.07) is 1.67. The number of rotatable bonds is 10. The molecule has 224 valence electrons. The van der Waals surface area contributed by atoms with Crippen LogP contribution in [-0.2, 0) is 23.6 Å². The van der Waals surface area contributed by atoms with E-state index in [0.717, 1.165) is 37.2 Å². The van der Waals surface area contributed by atoms with Crippen molar-refractivity contribution in [3.8, 4) is 0 Å². The SMILES string of the molecule is CCN(CC1CCCC1)C1=C(CNc2ncc(Br)cn2)N(Cc2cc(C(F)(F)F)cc(C(F)(F)F)c2)C(OC)C=C1. The number of ether oxygens (including phenoxy) is 1. The summed E-state index contributed by atoms with van der Waals surface area (Å²) >= 11 is 3.29. The summed E-state index contributed by atoms with van der Waals surface area (Å²) in [5, 5.41) is 3.16. The number of alkyl halides is 6. The van der Waals surface area contributed by atoms with E-state index >= 15 is 0 Å². The number of hydrogen-bond acceptors (Lipinski definition) is 6. The molecule has 1 aliphatic carbocycles. The van der Waals surface area contributed by atoms with E-state index in [9.17, 15) is 26.3 Å². The molecule has 1 unspecified atom stereocenters. The monoisotopic (exact) mass is 647 g/mol. The number of allylic oxidation sites excluding steroid dienone is 1. The molecule has 1 saturated carbocycles. The van der Waals surface area contributed by atoms with Crippen molar-refractivity contribution in [1.29, 1.82) is 0 Å². The van der Waals surface area contributed by atoms with Crippen LogP contribution < -0.4 is 5.32 Å². The number of halogens is 7. The lowest BCUT2D eigenvalue weighted by molar-refractivity contribution is -0.143. The number of likely N-dealkylation sites (N-methyl/N-ethyl adjacent to an activating group) is 1. The van der Waals surface area contributed by atoms with Gasteiger partial charge in [0.25, 0.3) is 0 Å². The van der Waals surface area contributed by atoms with Crippen LogP contribution in [0.1, 0.15) is 49.3 Å². The summed E-state index contributed by atoms with van der Waals surface area (Å²) in [5.74, 6) is 0.826. The Balaban J connectivity index is 1.76. The number of nitrogens with zero attached hydrogens (tertiary/aromatic N) is 4. The smallest absolute Gasteiger partial charge is 0.370 e. The largest absolute Gasteiger partial charge is 0.416 e. The van der Waals surface area contributed by atoms with Gasteiger partial charge < -0.3 is 19.9 Å². The van der Waals surface area contributed by atoms with Crippen molar-refractivity contribution in [2.24, 2.45) is 5.92 Å². The lowest BCUT2D eigenvalue weighted by atomic mass is 10.0. The molecular weight excluding hydrogens is 616 g/mol. The number of nitrogens with one attached hydrogen (secondary N) is 1. The van der Waals surface area contributed by atoms with Crippen LogP contribution in [0.25, 0.3) is 0 Å². The first-order valence-corrected chi connectivity index (χ1v) is 14.1. The minimum absolute atomic E-state index is 0.139. The summed E-state index contributed by atoms with van der Waals surface area (Å²) in [5.41, 5.74) is -1.38. The Labute approximate surface area is 243 Å². The summed E-state index contributed by atoms with van der Waals surface area (Å²) in [6.45, 7) is 3.39. The van der Waals surface area contributed by atoms with Gasteiger partial charge in [0.2, 0.25) is 5.95 Å². The zero-order chi connectivity index (χ0) is 29.8. The molecule has 1 N–H and O–H groups in total. The fourth-order valence-corrected chi connectivity index (χ4v) is 5.53. The van der Waals surface area contributed by atoms with Crippen molar-refractivity contribution in [3.05, 3.63) is 75.3 Å². The highest BCUT2D eigenvalue weighted by Crippen LogP contribution is 2.38. The average Bonchev–Trinajstić information content (AvgIpc) is 3.44. The molecule has 0 spiro atoms. The third-order valence-electron chi connectivity index (χ3n) is 7.32. The molecule has 0 bridgehead atoms. The Bertz CT molecular complexity index is 1210. The van der Waals surface area contributed by atoms with Crippen LogP contribution in [-0.4, -0.2) is 52.7 Å². The van der Waals surface area contributed by atoms with Gasteiger partial charge in [0, 0.05) is 39.1 Å². The van der Waals surface area contributed by atoms with E-state index in [4.69, 9.17) is 4.74 Å². The van der Waals surface area contributed by atoms with Gasteiger partial charge in [-0.05, 0) is 77.5 Å². The van der Waals surface area contributed by atoms with E-state index in [1.54, 1.807) is 23.4 Å². The Morgan fingerprint density at radius 3 is 2.17 bits per heavy atom. The van der Waals surface area contributed by atoms with Crippen LogP contribution in [0.3, 0.4) is 0 Å². The standard InChI is InChI=1S/C28H32BrF6N5O/c1-3-39(16-18-6-4-5-7-18)23-8-9-25(41-2)40(24(23)15-38-26-36-13-22(29)14-37-26)17-19-10-20(27(30,31)32)12-21(11-19)28(33,34)35/h8-14,18,25H,3-7,15-17H2,1-2H3,(H,36,37,38). The number of aromatic nitrogens is 2. The zero-order valence-electron chi connectivity index (χ0n) is 22.7. The first kappa shape index (κ1) is 31.1. The van der Waals surface area contributed by atoms with Gasteiger partial charge in [0.15, 0.2) is 0 Å². The summed E-state index contributed by atoms with van der Waals surface area (Å²) in [6.07, 6.45) is 0.776. The van der Waals surface area contributed by atoms with E-state index in [1.165, 1.54) is 20.0 Å². The highest BCUT2D eigenvalue weighted by atomic mass is 79.9. The van der Waals surface area contributed by atoms with Crippen molar-refractivity contribution < 1.29 is 31.1 Å². The number of benzene rings is 1. The second-order valence-corrected chi connectivity index (χ2v) is 11.0. The predicted octanol–water partition coefficient (Wildman–Crippen LogP) is 7.46. The van der Waals surface area contributed by atoms with Gasteiger partial charge in [-0.1, -0.05) is 12.8 Å². The molecule has 1 aliphatic heterocycles. The minimum Gasteiger partial charge on any atom is -0.370 e. The molecule has 41 heavy (non-hydrogen) atoms. The lowest BCUT2D eigenvalue weighted by Crippen LogP contribution is -2.42. The molecule has 1 atom stereocenters. The third-order valence-corrected chi connectivity index (χ3v) is 7.73. The Hall–Kier alpha value is -2.80. The molecule has 1 aromatic heterocycles. The van der Waals surface area contributed by atoms with Crippen LogP contribution in [0.5, 0.6) is 0 Å². The van der Waals surface area contributed by atoms with E-state index in [1.807, 2.05) is 13.0 Å². The quantitative estimate of drug-likeness (QED) is 0.270. The molecule has 6 nitrogen and oxygen atoms in total. The van der Waals surface area contributed by atoms with Crippen LogP contribution in [0.15, 0.2) is 58.6 Å². The molecule has 0 radical (unpaired) electrons. The van der Waals surface area contributed by atoms with Crippen molar-refractivity contribution in [1.82, 2.24) is 19.8 Å². The van der Waals surface area contributed by atoms with Crippen molar-refractivity contribution in [2.75, 3.05) is 32.1 Å². The Kier molecular flexibility index (Phi) is 9.89. The second kappa shape index (κ2) is 13.0. The van der Waals surface area contributed by atoms with Gasteiger partial charge in [0.05, 0.1) is 33.5 Å². The van der Waals surface area contributed by atoms with E-state index < -0.39 is 29.7 Å². The Morgan fingerprint density at radius 1 is 1.02 bits per heavy atom. The topological polar surface area (TPSA) is 53.5 Å². The highest BCUT2D eigenvalue weighted by molar-refractivity contribution is 9.10. The van der Waals surface area contributed by atoms with Crippen LogP contribution in [0.4, 0.5) is 32.3 Å². The van der Waals surface area contributed by atoms with E-state index in [-0.39, 0.29) is 24.7 Å². The minimum atomic E-state index is -4.94. The number of hydrogen-bond donors (Lipinski definition) is 1. The highest BCUT2D eigenvalue weighted by Gasteiger charge is 2.37. The number of anilines is 1. The van der Waals surface area contributed by atoms with E-state index in [0.29, 0.717) is 28.6 Å². The van der Waals surface area contributed by atoms with Crippen molar-refractivity contribution in [2.45, 2.75) is 57.7 Å². The summed E-state index contributed by atoms with van der Waals surface area (Å²) in [4.78, 5) is 12.4. The third kappa shape index (κ3) is 7.94. The summed E-state index contributed by atoms with van der Waals surface area (Å²) in [7, 11) is 1.44. The maximum atomic E-state index is 13.6. The molecule has 0 amide bonds. The van der Waals surface area contributed by atoms with Gasteiger partial charge >= 0.3 is 12.4 Å². The maximum Gasteiger partial charge on any atom is 0.416 e. The van der Waals surface area contributed by atoms with Crippen molar-refractivity contribution >= 4 is 21.9 Å². The van der Waals surface area contributed by atoms with Gasteiger partial charge in [-0.3, -0.25) is 0 Å². The molecule has 1 aromatic carbocycles. The fourth-order valence-electron chi connectivity index (χ4n) is 5.32. The molecule has 2 aromatic rings. The van der Waals surface area contributed by atoms with E-state index in [2.05, 4.69) is 36.1 Å². The van der Waals surface area contributed by atoms with Gasteiger partial charge in [0.1, 0.15) is 6.23 Å². The normalized spacial score (nSPS) is 18.4. The van der Waals surface area contributed by atoms with Crippen molar-refractivity contribution in [3.63, 3.8) is 0 Å². The van der Waals surface area contributed by atoms with Gasteiger partial charge in [-0.25, -0.2) is 9.97 Å². The zero-order valence-corrected chi connectivity index (χ0v) is 24.3. The molecule has 2 aliphatic rings. The predicted molar refractivity (Wildman–Crippen MR) is 146 cm³/mol. The lowest BCUT2D eigenvalue weighted by Gasteiger charge is -2.40. The average molecular weight is 648 g/mol. The van der Waals surface area contributed by atoms with Gasteiger partial charge in [-0.2, -0.15) is 26.3 Å². The van der Waals surface area contributed by atoms with Crippen LogP contribution in [0.2, 0.25) is 0 Å². The second-order valence-electron chi connectivity index (χ2n) is 10.1. The molecule has 13 heteroatoms.